The summed E-state index contributed by atoms with van der Waals surface area (Å²) >= 11 is 0. The maximum absolute atomic E-state index is 14.0. The normalized spacial score (nSPS) is 18.1. The van der Waals surface area contributed by atoms with E-state index in [1.807, 2.05) is 25.1 Å². The molecule has 8 heteroatoms. The third-order valence-corrected chi connectivity index (χ3v) is 7.93. The Morgan fingerprint density at radius 1 is 1.19 bits per heavy atom. The highest BCUT2D eigenvalue weighted by Crippen LogP contribution is 2.36. The fraction of sp³-hybridized carbons (Fsp3) is 0.517. The van der Waals surface area contributed by atoms with E-state index in [9.17, 15) is 14.0 Å². The van der Waals surface area contributed by atoms with Gasteiger partial charge in [-0.1, -0.05) is 32.3 Å². The van der Waals surface area contributed by atoms with Gasteiger partial charge in [-0.25, -0.2) is 4.39 Å². The lowest BCUT2D eigenvalue weighted by atomic mass is 9.79. The van der Waals surface area contributed by atoms with Gasteiger partial charge >= 0.3 is 0 Å². The highest BCUT2D eigenvalue weighted by Gasteiger charge is 2.36. The van der Waals surface area contributed by atoms with E-state index in [1.165, 1.54) is 6.07 Å². The highest BCUT2D eigenvalue weighted by atomic mass is 19.1. The zero-order chi connectivity index (χ0) is 26.5. The van der Waals surface area contributed by atoms with Gasteiger partial charge in [-0.2, -0.15) is 0 Å². The van der Waals surface area contributed by atoms with Crippen molar-refractivity contribution in [2.75, 3.05) is 18.5 Å². The molecule has 1 fully saturated rings. The molecule has 0 bridgehead atoms. The van der Waals surface area contributed by atoms with Crippen LogP contribution in [0.3, 0.4) is 0 Å². The van der Waals surface area contributed by atoms with E-state index in [2.05, 4.69) is 20.5 Å². The van der Waals surface area contributed by atoms with Crippen molar-refractivity contribution in [3.63, 3.8) is 0 Å². The number of fused-ring (bicyclic) bond motifs is 1. The molecule has 2 aliphatic rings. The number of benzene rings is 1. The molecule has 1 aromatic carbocycles. The second kappa shape index (κ2) is 11.9. The first kappa shape index (κ1) is 26.9. The largest absolute Gasteiger partial charge is 0.344 e. The molecule has 1 saturated carbocycles. The molecule has 198 valence electrons. The number of aromatic nitrogens is 1. The summed E-state index contributed by atoms with van der Waals surface area (Å²) in [5.74, 6) is -1.29. The van der Waals surface area contributed by atoms with Gasteiger partial charge in [0.05, 0.1) is 23.5 Å². The Bertz CT molecular complexity index is 1150. The molecule has 37 heavy (non-hydrogen) atoms. The number of pyridine rings is 1. The van der Waals surface area contributed by atoms with Gasteiger partial charge in [0.15, 0.2) is 5.78 Å². The maximum Gasteiger partial charge on any atom is 0.237 e. The standard InChI is InChI=1S/C29H38FN5O2/c1-4-23(24-17-22(12-14-33-24)35-15-13-19-10-11-21(30)16-25(19)35)26(31)28(36)27(20-8-6-5-7-9-20)34-29(37)18(2)32-3/h10-12,14,16-18,20,23,27,31-32H,4-9,13,15H2,1-3H3,(H,34,37). The Morgan fingerprint density at radius 3 is 2.65 bits per heavy atom. The number of carbonyl (C=O) groups excluding carboxylic acids is 2. The first-order chi connectivity index (χ1) is 17.8. The van der Waals surface area contributed by atoms with E-state index in [1.54, 1.807) is 26.2 Å². The van der Waals surface area contributed by atoms with Crippen LogP contribution in [0, 0.1) is 17.1 Å². The molecule has 7 nitrogen and oxygen atoms in total. The number of carbonyl (C=O) groups is 2. The third kappa shape index (κ3) is 5.90. The van der Waals surface area contributed by atoms with E-state index in [0.717, 1.165) is 62.0 Å². The molecule has 4 rings (SSSR count). The van der Waals surface area contributed by atoms with Crippen LogP contribution < -0.4 is 15.5 Å². The molecular formula is C29H38FN5O2. The second-order valence-corrected chi connectivity index (χ2v) is 10.2. The molecule has 1 amide bonds. The summed E-state index contributed by atoms with van der Waals surface area (Å²) in [5.41, 5.74) is 3.42. The van der Waals surface area contributed by atoms with Crippen LogP contribution in [0.25, 0.3) is 0 Å². The van der Waals surface area contributed by atoms with Crippen molar-refractivity contribution >= 4 is 28.8 Å². The molecule has 3 unspecified atom stereocenters. The predicted octanol–water partition coefficient (Wildman–Crippen LogP) is 4.67. The summed E-state index contributed by atoms with van der Waals surface area (Å²) in [5, 5.41) is 14.8. The van der Waals surface area contributed by atoms with Crippen LogP contribution in [0.15, 0.2) is 36.5 Å². The lowest BCUT2D eigenvalue weighted by molar-refractivity contribution is -0.127. The predicted molar refractivity (Wildman–Crippen MR) is 144 cm³/mol. The monoisotopic (exact) mass is 507 g/mol. The fourth-order valence-electron chi connectivity index (χ4n) is 5.59. The molecular weight excluding hydrogens is 469 g/mol. The molecule has 1 aliphatic heterocycles. The minimum absolute atomic E-state index is 0.0204. The molecule has 2 heterocycles. The van der Waals surface area contributed by atoms with Crippen LogP contribution >= 0.6 is 0 Å². The van der Waals surface area contributed by atoms with Crippen molar-refractivity contribution in [2.24, 2.45) is 5.92 Å². The van der Waals surface area contributed by atoms with Crippen molar-refractivity contribution < 1.29 is 14.0 Å². The minimum Gasteiger partial charge on any atom is -0.344 e. The van der Waals surface area contributed by atoms with Crippen molar-refractivity contribution in [1.82, 2.24) is 15.6 Å². The SMILES string of the molecule is CCC(C(=N)C(=O)C(NC(=O)C(C)NC)C1CCCCC1)c1cc(N2CCc3ccc(F)cc32)ccn1. The van der Waals surface area contributed by atoms with Crippen molar-refractivity contribution in [3.05, 3.63) is 53.6 Å². The zero-order valence-corrected chi connectivity index (χ0v) is 22.0. The quantitative estimate of drug-likeness (QED) is 0.406. The van der Waals surface area contributed by atoms with Gasteiger partial charge in [0, 0.05) is 30.0 Å². The summed E-state index contributed by atoms with van der Waals surface area (Å²) in [6.07, 6.45) is 7.97. The van der Waals surface area contributed by atoms with Crippen LogP contribution in [-0.4, -0.2) is 48.1 Å². The number of amides is 1. The summed E-state index contributed by atoms with van der Waals surface area (Å²) in [4.78, 5) is 33.1. The molecule has 0 radical (unpaired) electrons. The average Bonchev–Trinajstić information content (AvgIpc) is 3.34. The van der Waals surface area contributed by atoms with Gasteiger partial charge in [-0.3, -0.25) is 14.6 Å². The summed E-state index contributed by atoms with van der Waals surface area (Å²) in [6, 6.07) is 7.51. The number of nitrogens with one attached hydrogen (secondary N) is 3. The van der Waals surface area contributed by atoms with Gasteiger partial charge in [-0.15, -0.1) is 0 Å². The number of Topliss-reactive ketones (excluding diaryl/α,β-unsaturated/α-hetero) is 1. The summed E-state index contributed by atoms with van der Waals surface area (Å²) < 4.78 is 14.0. The lowest BCUT2D eigenvalue weighted by Crippen LogP contribution is -2.53. The Balaban J connectivity index is 1.58. The second-order valence-electron chi connectivity index (χ2n) is 10.2. The number of rotatable bonds is 10. The highest BCUT2D eigenvalue weighted by molar-refractivity contribution is 6.42. The molecule has 0 saturated heterocycles. The van der Waals surface area contributed by atoms with E-state index in [4.69, 9.17) is 5.41 Å². The fourth-order valence-corrected chi connectivity index (χ4v) is 5.59. The van der Waals surface area contributed by atoms with Crippen LogP contribution in [0.1, 0.15) is 69.5 Å². The molecule has 1 aliphatic carbocycles. The summed E-state index contributed by atoms with van der Waals surface area (Å²) in [6.45, 7) is 4.43. The average molecular weight is 508 g/mol. The third-order valence-electron chi connectivity index (χ3n) is 7.93. The number of hydrogen-bond donors (Lipinski definition) is 3. The van der Waals surface area contributed by atoms with Gasteiger partial charge in [0.25, 0.3) is 0 Å². The van der Waals surface area contributed by atoms with E-state index >= 15 is 0 Å². The van der Waals surface area contributed by atoms with Crippen molar-refractivity contribution in [1.29, 1.82) is 5.41 Å². The van der Waals surface area contributed by atoms with Crippen molar-refractivity contribution in [2.45, 2.75) is 76.8 Å². The maximum atomic E-state index is 14.0. The Hall–Kier alpha value is -3.13. The number of ketones is 1. The summed E-state index contributed by atoms with van der Waals surface area (Å²) in [7, 11) is 1.71. The number of nitrogens with zero attached hydrogens (tertiary/aromatic N) is 2. The van der Waals surface area contributed by atoms with Crippen LogP contribution in [0.2, 0.25) is 0 Å². The lowest BCUT2D eigenvalue weighted by Gasteiger charge is -2.32. The van der Waals surface area contributed by atoms with E-state index in [-0.39, 0.29) is 29.1 Å². The van der Waals surface area contributed by atoms with E-state index < -0.39 is 18.0 Å². The number of anilines is 2. The van der Waals surface area contributed by atoms with Crippen LogP contribution in [0.5, 0.6) is 0 Å². The van der Waals surface area contributed by atoms with Gasteiger partial charge < -0.3 is 20.9 Å². The number of hydrogen-bond acceptors (Lipinski definition) is 6. The van der Waals surface area contributed by atoms with Crippen LogP contribution in [0.4, 0.5) is 15.8 Å². The van der Waals surface area contributed by atoms with Gasteiger partial charge in [-0.05, 0) is 75.4 Å². The smallest absolute Gasteiger partial charge is 0.237 e. The number of halogens is 1. The molecule has 1 aromatic heterocycles. The van der Waals surface area contributed by atoms with Gasteiger partial charge in [0.1, 0.15) is 5.82 Å². The molecule has 2 aromatic rings. The first-order valence-corrected chi connectivity index (χ1v) is 13.5. The molecule has 0 spiro atoms. The van der Waals surface area contributed by atoms with Crippen molar-refractivity contribution in [3.8, 4) is 0 Å². The first-order valence-electron chi connectivity index (χ1n) is 13.5. The number of likely N-dealkylation sites (N-methyl/N-ethyl adjacent to an activating group) is 1. The molecule has 3 N–H and O–H groups in total. The minimum atomic E-state index is -0.707. The Kier molecular flexibility index (Phi) is 8.69. The van der Waals surface area contributed by atoms with E-state index in [0.29, 0.717) is 12.1 Å². The zero-order valence-electron chi connectivity index (χ0n) is 22.0. The Labute approximate surface area is 218 Å². The Morgan fingerprint density at radius 2 is 1.95 bits per heavy atom. The van der Waals surface area contributed by atoms with Gasteiger partial charge in [0.2, 0.25) is 5.91 Å². The topological polar surface area (TPSA) is 98.2 Å². The molecule has 3 atom stereocenters. The van der Waals surface area contributed by atoms with Crippen LogP contribution in [-0.2, 0) is 16.0 Å².